The monoisotopic (exact) mass is 331 g/mol. The van der Waals surface area contributed by atoms with Gasteiger partial charge in [0.2, 0.25) is 0 Å². The number of hydrogen-bond acceptors (Lipinski definition) is 4. The highest BCUT2D eigenvalue weighted by molar-refractivity contribution is 5.14. The molecule has 0 N–H and O–H groups in total. The molecule has 2 aliphatic rings. The molecule has 2 atom stereocenters. The van der Waals surface area contributed by atoms with Crippen molar-refractivity contribution in [3.63, 3.8) is 0 Å². The Balaban J connectivity index is 1.56. The van der Waals surface area contributed by atoms with E-state index in [1.54, 1.807) is 0 Å². The Labute approximate surface area is 147 Å². The van der Waals surface area contributed by atoms with E-state index in [1.165, 1.54) is 57.8 Å². The molecule has 2 heterocycles. The first kappa shape index (κ1) is 17.9. The van der Waals surface area contributed by atoms with Crippen LogP contribution >= 0.6 is 0 Å². The van der Waals surface area contributed by atoms with Crippen LogP contribution in [0.5, 0.6) is 0 Å². The van der Waals surface area contributed by atoms with Gasteiger partial charge < -0.3 is 14.5 Å². The van der Waals surface area contributed by atoms with Gasteiger partial charge in [0, 0.05) is 52.3 Å². The molecule has 0 radical (unpaired) electrons. The van der Waals surface area contributed by atoms with Crippen LogP contribution in [0.4, 0.5) is 0 Å². The standard InChI is InChI=1S/C20H33N3O/c1-21-9-6-10-22(12-11-21)14-19-15-23(16-20(19)17-24-2)13-18-7-4-3-5-8-18/h3-5,7-8,19-20H,6,9-17H2,1-2H3. The lowest BCUT2D eigenvalue weighted by Gasteiger charge is -2.26. The van der Waals surface area contributed by atoms with Crippen molar-refractivity contribution in [2.45, 2.75) is 13.0 Å². The van der Waals surface area contributed by atoms with E-state index >= 15 is 0 Å². The van der Waals surface area contributed by atoms with Gasteiger partial charge in [0.25, 0.3) is 0 Å². The summed E-state index contributed by atoms with van der Waals surface area (Å²) < 4.78 is 5.53. The Morgan fingerprint density at radius 3 is 2.54 bits per heavy atom. The average molecular weight is 332 g/mol. The van der Waals surface area contributed by atoms with Crippen molar-refractivity contribution in [1.29, 1.82) is 0 Å². The van der Waals surface area contributed by atoms with Crippen molar-refractivity contribution in [1.82, 2.24) is 14.7 Å². The fourth-order valence-corrected chi connectivity index (χ4v) is 4.23. The maximum atomic E-state index is 5.53. The van der Waals surface area contributed by atoms with Crippen molar-refractivity contribution in [3.05, 3.63) is 35.9 Å². The Kier molecular flexibility index (Phi) is 6.67. The minimum atomic E-state index is 0.666. The van der Waals surface area contributed by atoms with Gasteiger partial charge >= 0.3 is 0 Å². The number of likely N-dealkylation sites (tertiary alicyclic amines) is 1. The SMILES string of the molecule is COCC1CN(Cc2ccccc2)CC1CN1CCCN(C)CC1. The van der Waals surface area contributed by atoms with E-state index in [4.69, 9.17) is 4.74 Å². The molecule has 24 heavy (non-hydrogen) atoms. The zero-order valence-corrected chi connectivity index (χ0v) is 15.4. The summed E-state index contributed by atoms with van der Waals surface area (Å²) in [4.78, 5) is 7.76. The molecule has 1 aromatic carbocycles. The summed E-state index contributed by atoms with van der Waals surface area (Å²) in [5, 5.41) is 0. The zero-order chi connectivity index (χ0) is 16.8. The molecule has 4 heteroatoms. The lowest BCUT2D eigenvalue weighted by Crippen LogP contribution is -2.36. The minimum absolute atomic E-state index is 0.666. The van der Waals surface area contributed by atoms with Crippen LogP contribution in [0.3, 0.4) is 0 Å². The predicted octanol–water partition coefficient (Wildman–Crippen LogP) is 2.02. The van der Waals surface area contributed by atoms with Crippen LogP contribution in [0.2, 0.25) is 0 Å². The van der Waals surface area contributed by atoms with Crippen LogP contribution < -0.4 is 0 Å². The van der Waals surface area contributed by atoms with Crippen molar-refractivity contribution in [2.75, 3.05) is 66.6 Å². The number of methoxy groups -OCH3 is 1. The Morgan fingerprint density at radius 1 is 0.958 bits per heavy atom. The molecular weight excluding hydrogens is 298 g/mol. The molecule has 2 fully saturated rings. The lowest BCUT2D eigenvalue weighted by atomic mass is 9.96. The molecule has 0 aliphatic carbocycles. The highest BCUT2D eigenvalue weighted by atomic mass is 16.5. The molecule has 0 bridgehead atoms. The molecule has 2 saturated heterocycles. The van der Waals surface area contributed by atoms with Crippen molar-refractivity contribution >= 4 is 0 Å². The van der Waals surface area contributed by atoms with Crippen LogP contribution in [-0.2, 0) is 11.3 Å². The molecule has 2 aliphatic heterocycles. The number of ether oxygens (including phenoxy) is 1. The summed E-state index contributed by atoms with van der Waals surface area (Å²) in [7, 11) is 4.09. The van der Waals surface area contributed by atoms with Crippen LogP contribution in [0.25, 0.3) is 0 Å². The largest absolute Gasteiger partial charge is 0.384 e. The van der Waals surface area contributed by atoms with Gasteiger partial charge in [-0.2, -0.15) is 0 Å². The topological polar surface area (TPSA) is 19.0 Å². The van der Waals surface area contributed by atoms with E-state index in [9.17, 15) is 0 Å². The van der Waals surface area contributed by atoms with Crippen LogP contribution in [-0.4, -0.2) is 81.3 Å². The Morgan fingerprint density at radius 2 is 1.75 bits per heavy atom. The molecule has 0 amide bonds. The number of likely N-dealkylation sites (N-methyl/N-ethyl adjacent to an activating group) is 1. The highest BCUT2D eigenvalue weighted by Crippen LogP contribution is 2.26. The number of rotatable bonds is 6. The fraction of sp³-hybridized carbons (Fsp3) is 0.700. The van der Waals surface area contributed by atoms with Gasteiger partial charge in [-0.15, -0.1) is 0 Å². The summed E-state index contributed by atoms with van der Waals surface area (Å²) in [5.74, 6) is 1.40. The van der Waals surface area contributed by atoms with Gasteiger partial charge in [0.05, 0.1) is 6.61 Å². The molecular formula is C20H33N3O. The maximum absolute atomic E-state index is 5.53. The van der Waals surface area contributed by atoms with Crippen molar-refractivity contribution in [2.24, 2.45) is 11.8 Å². The molecule has 0 saturated carbocycles. The second-order valence-corrected chi connectivity index (χ2v) is 7.61. The van der Waals surface area contributed by atoms with Crippen LogP contribution in [0.1, 0.15) is 12.0 Å². The van der Waals surface area contributed by atoms with Crippen LogP contribution in [0.15, 0.2) is 30.3 Å². The molecule has 2 unspecified atom stereocenters. The second-order valence-electron chi connectivity index (χ2n) is 7.61. The van der Waals surface area contributed by atoms with Gasteiger partial charge in [-0.1, -0.05) is 30.3 Å². The summed E-state index contributed by atoms with van der Waals surface area (Å²) in [5.41, 5.74) is 1.42. The molecule has 0 aromatic heterocycles. The normalized spacial score (nSPS) is 27.4. The van der Waals surface area contributed by atoms with E-state index < -0.39 is 0 Å². The highest BCUT2D eigenvalue weighted by Gasteiger charge is 2.33. The van der Waals surface area contributed by atoms with E-state index in [-0.39, 0.29) is 0 Å². The third-order valence-corrected chi connectivity index (χ3v) is 5.59. The summed E-state index contributed by atoms with van der Waals surface area (Å²) in [6, 6.07) is 10.9. The second kappa shape index (κ2) is 8.95. The minimum Gasteiger partial charge on any atom is -0.384 e. The first-order chi connectivity index (χ1) is 11.7. The zero-order valence-electron chi connectivity index (χ0n) is 15.4. The van der Waals surface area contributed by atoms with Gasteiger partial charge in [0.15, 0.2) is 0 Å². The molecule has 1 aromatic rings. The molecule has 134 valence electrons. The molecule has 4 nitrogen and oxygen atoms in total. The van der Waals surface area contributed by atoms with Crippen molar-refractivity contribution in [3.8, 4) is 0 Å². The molecule has 3 rings (SSSR count). The van der Waals surface area contributed by atoms with Gasteiger partial charge in [0.1, 0.15) is 0 Å². The third kappa shape index (κ3) is 5.03. The number of benzene rings is 1. The van der Waals surface area contributed by atoms with Gasteiger partial charge in [-0.3, -0.25) is 4.90 Å². The predicted molar refractivity (Wildman–Crippen MR) is 99.1 cm³/mol. The summed E-state index contributed by atoms with van der Waals surface area (Å²) in [6.45, 7) is 10.5. The van der Waals surface area contributed by atoms with Crippen molar-refractivity contribution < 1.29 is 4.74 Å². The summed E-state index contributed by atoms with van der Waals surface area (Å²) in [6.07, 6.45) is 1.30. The Hall–Kier alpha value is -0.940. The lowest BCUT2D eigenvalue weighted by molar-refractivity contribution is 0.122. The van der Waals surface area contributed by atoms with E-state index in [2.05, 4.69) is 52.1 Å². The maximum Gasteiger partial charge on any atom is 0.0506 e. The number of hydrogen-bond donors (Lipinski definition) is 0. The van der Waals surface area contributed by atoms with E-state index in [0.717, 1.165) is 19.1 Å². The summed E-state index contributed by atoms with van der Waals surface area (Å²) >= 11 is 0. The Bertz CT molecular complexity index is 481. The third-order valence-electron chi connectivity index (χ3n) is 5.59. The number of nitrogens with zero attached hydrogens (tertiary/aromatic N) is 3. The average Bonchev–Trinajstić information content (AvgIpc) is 2.81. The van der Waals surface area contributed by atoms with Gasteiger partial charge in [-0.05, 0) is 38.0 Å². The quantitative estimate of drug-likeness (QED) is 0.794. The smallest absolute Gasteiger partial charge is 0.0506 e. The van der Waals surface area contributed by atoms with E-state index in [0.29, 0.717) is 5.92 Å². The molecule has 0 spiro atoms. The van der Waals surface area contributed by atoms with E-state index in [1.807, 2.05) is 7.11 Å². The van der Waals surface area contributed by atoms with Crippen LogP contribution in [0, 0.1) is 11.8 Å². The van der Waals surface area contributed by atoms with Gasteiger partial charge in [-0.25, -0.2) is 0 Å². The first-order valence-corrected chi connectivity index (χ1v) is 9.40. The fourth-order valence-electron chi connectivity index (χ4n) is 4.23. The first-order valence-electron chi connectivity index (χ1n) is 9.40.